The van der Waals surface area contributed by atoms with Gasteiger partial charge in [-0.15, -0.1) is 0 Å². The average molecular weight is 269 g/mol. The molecule has 0 bridgehead atoms. The minimum atomic E-state index is -4.62. The smallest absolute Gasteiger partial charge is 0.267 e. The van der Waals surface area contributed by atoms with E-state index in [1.807, 2.05) is 0 Å². The van der Waals surface area contributed by atoms with E-state index in [-0.39, 0.29) is 5.56 Å². The van der Waals surface area contributed by atoms with Gasteiger partial charge in [-0.25, -0.2) is 14.3 Å². The van der Waals surface area contributed by atoms with Crippen molar-refractivity contribution in [3.8, 4) is 0 Å². The van der Waals surface area contributed by atoms with E-state index >= 15 is 0 Å². The maximum atomic E-state index is 13.2. The Kier molecular flexibility index (Phi) is 4.23. The van der Waals surface area contributed by atoms with E-state index in [1.54, 1.807) is 0 Å². The van der Waals surface area contributed by atoms with Crippen molar-refractivity contribution < 1.29 is 31.6 Å². The number of hydroxylamine groups is 1. The molecule has 0 spiro atoms. The molecule has 0 fully saturated rings. The van der Waals surface area contributed by atoms with Crippen molar-refractivity contribution in [2.75, 3.05) is 6.61 Å². The maximum absolute atomic E-state index is 13.2. The SMILES string of the molecule is Cc1cc(C(=O)NOCC(F)(F)F)c(F)cc1F. The molecule has 0 aliphatic carbocycles. The molecule has 0 unspecified atom stereocenters. The molecule has 0 heterocycles. The second kappa shape index (κ2) is 5.30. The van der Waals surface area contributed by atoms with Crippen molar-refractivity contribution >= 4 is 5.91 Å². The Morgan fingerprint density at radius 1 is 1.28 bits per heavy atom. The van der Waals surface area contributed by atoms with E-state index in [9.17, 15) is 26.7 Å². The van der Waals surface area contributed by atoms with Crippen LogP contribution in [0.5, 0.6) is 0 Å². The summed E-state index contributed by atoms with van der Waals surface area (Å²) in [5.74, 6) is -3.27. The van der Waals surface area contributed by atoms with Gasteiger partial charge in [-0.3, -0.25) is 9.63 Å². The zero-order valence-corrected chi connectivity index (χ0v) is 9.07. The molecule has 0 aromatic heterocycles. The van der Waals surface area contributed by atoms with Gasteiger partial charge in [0.25, 0.3) is 5.91 Å². The van der Waals surface area contributed by atoms with Gasteiger partial charge in [0.05, 0.1) is 5.56 Å². The molecule has 1 aromatic rings. The summed E-state index contributed by atoms with van der Waals surface area (Å²) >= 11 is 0. The van der Waals surface area contributed by atoms with Crippen LogP contribution in [0.15, 0.2) is 12.1 Å². The highest BCUT2D eigenvalue weighted by Crippen LogP contribution is 2.15. The third kappa shape index (κ3) is 3.95. The highest BCUT2D eigenvalue weighted by Gasteiger charge is 2.28. The van der Waals surface area contributed by atoms with Gasteiger partial charge in [0.2, 0.25) is 0 Å². The Morgan fingerprint density at radius 3 is 2.44 bits per heavy atom. The first-order valence-electron chi connectivity index (χ1n) is 4.65. The number of carbonyl (C=O) groups excluding carboxylic acids is 1. The van der Waals surface area contributed by atoms with Crippen molar-refractivity contribution in [3.63, 3.8) is 0 Å². The third-order valence-corrected chi connectivity index (χ3v) is 1.89. The van der Waals surface area contributed by atoms with Crippen LogP contribution >= 0.6 is 0 Å². The number of amides is 1. The first-order chi connectivity index (χ1) is 8.20. The molecular formula is C10H8F5NO2. The lowest BCUT2D eigenvalue weighted by atomic mass is 10.1. The van der Waals surface area contributed by atoms with Gasteiger partial charge in [-0.05, 0) is 18.6 Å². The average Bonchev–Trinajstić information content (AvgIpc) is 2.21. The van der Waals surface area contributed by atoms with Crippen molar-refractivity contribution in [1.82, 2.24) is 5.48 Å². The normalized spacial score (nSPS) is 11.4. The Labute approximate surface area is 98.5 Å². The summed E-state index contributed by atoms with van der Waals surface area (Å²) in [6.45, 7) is -0.428. The molecule has 0 aliphatic rings. The van der Waals surface area contributed by atoms with Crippen LogP contribution in [0.25, 0.3) is 0 Å². The van der Waals surface area contributed by atoms with E-state index in [2.05, 4.69) is 4.84 Å². The topological polar surface area (TPSA) is 38.3 Å². The molecule has 100 valence electrons. The van der Waals surface area contributed by atoms with Crippen molar-refractivity contribution in [2.45, 2.75) is 13.1 Å². The zero-order valence-electron chi connectivity index (χ0n) is 9.07. The van der Waals surface area contributed by atoms with E-state index in [4.69, 9.17) is 0 Å². The lowest BCUT2D eigenvalue weighted by Gasteiger charge is -2.09. The number of hydrogen-bond acceptors (Lipinski definition) is 2. The van der Waals surface area contributed by atoms with Gasteiger partial charge in [-0.1, -0.05) is 0 Å². The molecule has 0 atom stereocenters. The lowest BCUT2D eigenvalue weighted by Crippen LogP contribution is -2.30. The highest BCUT2D eigenvalue weighted by atomic mass is 19.4. The van der Waals surface area contributed by atoms with E-state index in [0.29, 0.717) is 6.07 Å². The molecule has 1 amide bonds. The predicted octanol–water partition coefficient (Wildman–Crippen LogP) is 2.50. The number of rotatable bonds is 3. The number of aryl methyl sites for hydroxylation is 1. The summed E-state index contributed by atoms with van der Waals surface area (Å²) in [6.07, 6.45) is -4.62. The van der Waals surface area contributed by atoms with E-state index in [0.717, 1.165) is 6.07 Å². The second-order valence-corrected chi connectivity index (χ2v) is 3.42. The molecule has 1 aromatic carbocycles. The summed E-state index contributed by atoms with van der Waals surface area (Å²) in [5.41, 5.74) is 0.804. The van der Waals surface area contributed by atoms with E-state index < -0.39 is 35.9 Å². The standard InChI is InChI=1S/C10H8F5NO2/c1-5-2-6(8(12)3-7(5)11)9(17)16-18-4-10(13,14)15/h2-3H,4H2,1H3,(H,16,17). The molecule has 0 radical (unpaired) electrons. The van der Waals surface area contributed by atoms with Crippen LogP contribution in [0, 0.1) is 18.6 Å². The quantitative estimate of drug-likeness (QED) is 0.676. The first kappa shape index (κ1) is 14.4. The molecule has 3 nitrogen and oxygen atoms in total. The van der Waals surface area contributed by atoms with Crippen LogP contribution in [0.3, 0.4) is 0 Å². The maximum Gasteiger partial charge on any atom is 0.414 e. The van der Waals surface area contributed by atoms with Gasteiger partial charge in [0, 0.05) is 6.07 Å². The summed E-state index contributed by atoms with van der Waals surface area (Å²) in [4.78, 5) is 15.1. The number of nitrogens with one attached hydrogen (secondary N) is 1. The number of benzene rings is 1. The second-order valence-electron chi connectivity index (χ2n) is 3.42. The largest absolute Gasteiger partial charge is 0.414 e. The van der Waals surface area contributed by atoms with Gasteiger partial charge in [0.1, 0.15) is 11.6 Å². The van der Waals surface area contributed by atoms with Crippen LogP contribution < -0.4 is 5.48 Å². The third-order valence-electron chi connectivity index (χ3n) is 1.89. The summed E-state index contributed by atoms with van der Waals surface area (Å²) in [5, 5.41) is 0. The van der Waals surface area contributed by atoms with Crippen molar-refractivity contribution in [3.05, 3.63) is 34.9 Å². The zero-order chi connectivity index (χ0) is 13.9. The predicted molar refractivity (Wildman–Crippen MR) is 50.6 cm³/mol. The molecular weight excluding hydrogens is 261 g/mol. The molecule has 1 N–H and O–H groups in total. The van der Waals surface area contributed by atoms with Crippen LogP contribution in [0.1, 0.15) is 15.9 Å². The first-order valence-corrected chi connectivity index (χ1v) is 4.65. The fraction of sp³-hybridized carbons (Fsp3) is 0.300. The van der Waals surface area contributed by atoms with Crippen LogP contribution in [-0.2, 0) is 4.84 Å². The Morgan fingerprint density at radius 2 is 1.89 bits per heavy atom. The molecule has 0 saturated carbocycles. The van der Waals surface area contributed by atoms with Crippen LogP contribution in [0.4, 0.5) is 22.0 Å². The van der Waals surface area contributed by atoms with Gasteiger partial charge < -0.3 is 0 Å². The van der Waals surface area contributed by atoms with Gasteiger partial charge in [-0.2, -0.15) is 13.2 Å². The monoisotopic (exact) mass is 269 g/mol. The van der Waals surface area contributed by atoms with Gasteiger partial charge in [0.15, 0.2) is 6.61 Å². The van der Waals surface area contributed by atoms with Gasteiger partial charge >= 0.3 is 6.18 Å². The summed E-state index contributed by atoms with van der Waals surface area (Å²) in [6, 6.07) is 1.34. The number of hydrogen-bond donors (Lipinski definition) is 1. The Hall–Kier alpha value is -1.70. The molecule has 1 rings (SSSR count). The summed E-state index contributed by atoms with van der Waals surface area (Å²) < 4.78 is 61.2. The molecule has 0 saturated heterocycles. The Balaban J connectivity index is 2.70. The number of halogens is 5. The fourth-order valence-electron chi connectivity index (χ4n) is 1.07. The van der Waals surface area contributed by atoms with Crippen molar-refractivity contribution in [2.24, 2.45) is 0 Å². The molecule has 0 aliphatic heterocycles. The molecule has 18 heavy (non-hydrogen) atoms. The minimum Gasteiger partial charge on any atom is -0.267 e. The minimum absolute atomic E-state index is 0.0163. The van der Waals surface area contributed by atoms with Crippen molar-refractivity contribution in [1.29, 1.82) is 0 Å². The lowest BCUT2D eigenvalue weighted by molar-refractivity contribution is -0.184. The van der Waals surface area contributed by atoms with Crippen LogP contribution in [-0.4, -0.2) is 18.7 Å². The molecule has 8 heteroatoms. The number of alkyl halides is 3. The number of carbonyl (C=O) groups is 1. The Bertz CT molecular complexity index is 458. The highest BCUT2D eigenvalue weighted by molar-refractivity contribution is 5.93. The fourth-order valence-corrected chi connectivity index (χ4v) is 1.07. The van der Waals surface area contributed by atoms with E-state index in [1.165, 1.54) is 12.4 Å². The summed E-state index contributed by atoms with van der Waals surface area (Å²) in [7, 11) is 0. The van der Waals surface area contributed by atoms with Crippen LogP contribution in [0.2, 0.25) is 0 Å².